The second-order valence-corrected chi connectivity index (χ2v) is 9.72. The lowest BCUT2D eigenvalue weighted by Gasteiger charge is -2.23. The molecule has 0 saturated carbocycles. The predicted molar refractivity (Wildman–Crippen MR) is 106 cm³/mol. The summed E-state index contributed by atoms with van der Waals surface area (Å²) in [5.74, 6) is 2.26. The summed E-state index contributed by atoms with van der Waals surface area (Å²) >= 11 is 3.76. The van der Waals surface area contributed by atoms with Crippen molar-refractivity contribution >= 4 is 47.5 Å². The molecule has 1 fully saturated rings. The number of amides is 1. The van der Waals surface area contributed by atoms with Crippen LogP contribution in [0, 0.1) is 6.92 Å². The zero-order valence-electron chi connectivity index (χ0n) is 14.3. The summed E-state index contributed by atoms with van der Waals surface area (Å²) in [6.07, 6.45) is 0.547. The molecule has 1 atom stereocenters. The average molecular weight is 375 g/mol. The predicted octanol–water partition coefficient (Wildman–Crippen LogP) is 4.34. The van der Waals surface area contributed by atoms with E-state index in [0.717, 1.165) is 29.3 Å². The highest BCUT2D eigenvalue weighted by Gasteiger charge is 2.17. The number of halogens is 1. The monoisotopic (exact) mass is 374 g/mol. The number of rotatable bonds is 4. The Morgan fingerprint density at radius 2 is 2.17 bits per heavy atom. The van der Waals surface area contributed by atoms with Gasteiger partial charge in [-0.1, -0.05) is 20.8 Å². The van der Waals surface area contributed by atoms with Crippen molar-refractivity contribution in [1.29, 1.82) is 0 Å². The Hall–Kier alpha value is -0.360. The number of hydrogen-bond acceptors (Lipinski definition) is 4. The molecule has 0 bridgehead atoms. The highest BCUT2D eigenvalue weighted by atomic mass is 35.5. The standard InChI is InChI=1S/C17H26N2OS2.ClH/c1-12-9-14(22-17(2,3)4)5-6-15(12)19-16(20)10-13-11-21-8-7-18-13;/h5-6,9,13,18H,7-8,10-11H2,1-4H3,(H,19,20);1H. The molecule has 1 unspecified atom stereocenters. The highest BCUT2D eigenvalue weighted by molar-refractivity contribution is 8.00. The topological polar surface area (TPSA) is 41.1 Å². The van der Waals surface area contributed by atoms with Gasteiger partial charge in [0.25, 0.3) is 0 Å². The third-order valence-corrected chi connectivity index (χ3v) is 5.56. The molecule has 3 nitrogen and oxygen atoms in total. The van der Waals surface area contributed by atoms with Crippen LogP contribution >= 0.6 is 35.9 Å². The number of carbonyl (C=O) groups is 1. The Balaban J connectivity index is 0.00000264. The van der Waals surface area contributed by atoms with Gasteiger partial charge in [0.2, 0.25) is 5.91 Å². The molecule has 2 N–H and O–H groups in total. The zero-order chi connectivity index (χ0) is 16.2. The van der Waals surface area contributed by atoms with Gasteiger partial charge in [0, 0.05) is 45.8 Å². The number of carbonyl (C=O) groups excluding carboxylic acids is 1. The highest BCUT2D eigenvalue weighted by Crippen LogP contribution is 2.33. The van der Waals surface area contributed by atoms with Gasteiger partial charge < -0.3 is 10.6 Å². The summed E-state index contributed by atoms with van der Waals surface area (Å²) in [4.78, 5) is 13.4. The van der Waals surface area contributed by atoms with Crippen molar-refractivity contribution < 1.29 is 4.79 Å². The SMILES string of the molecule is Cc1cc(SC(C)(C)C)ccc1NC(=O)CC1CSCCN1.Cl. The van der Waals surface area contributed by atoms with Gasteiger partial charge in [0.15, 0.2) is 0 Å². The smallest absolute Gasteiger partial charge is 0.225 e. The number of thioether (sulfide) groups is 2. The molecular weight excluding hydrogens is 348 g/mol. The Morgan fingerprint density at radius 3 is 2.74 bits per heavy atom. The van der Waals surface area contributed by atoms with E-state index in [1.54, 1.807) is 0 Å². The lowest BCUT2D eigenvalue weighted by molar-refractivity contribution is -0.116. The van der Waals surface area contributed by atoms with Gasteiger partial charge in [-0.3, -0.25) is 4.79 Å². The van der Waals surface area contributed by atoms with Crippen LogP contribution in [0.2, 0.25) is 0 Å². The molecule has 23 heavy (non-hydrogen) atoms. The summed E-state index contributed by atoms with van der Waals surface area (Å²) in [5.41, 5.74) is 2.04. The summed E-state index contributed by atoms with van der Waals surface area (Å²) in [5, 5.41) is 6.45. The van der Waals surface area contributed by atoms with Crippen LogP contribution in [-0.4, -0.2) is 34.7 Å². The van der Waals surface area contributed by atoms with E-state index in [1.807, 2.05) is 29.6 Å². The number of nitrogens with one attached hydrogen (secondary N) is 2. The van der Waals surface area contributed by atoms with Crippen molar-refractivity contribution in [3.8, 4) is 0 Å². The van der Waals surface area contributed by atoms with E-state index in [1.165, 1.54) is 4.90 Å². The van der Waals surface area contributed by atoms with E-state index < -0.39 is 0 Å². The molecule has 1 aromatic rings. The largest absolute Gasteiger partial charge is 0.326 e. The second-order valence-electron chi connectivity index (χ2n) is 6.67. The Bertz CT molecular complexity index is 526. The summed E-state index contributed by atoms with van der Waals surface area (Å²) in [6, 6.07) is 6.56. The molecule has 1 amide bonds. The number of hydrogen-bond donors (Lipinski definition) is 2. The van der Waals surface area contributed by atoms with Gasteiger partial charge in [0.1, 0.15) is 0 Å². The molecule has 1 aliphatic rings. The van der Waals surface area contributed by atoms with E-state index in [4.69, 9.17) is 0 Å². The maximum atomic E-state index is 12.2. The fraction of sp³-hybridized carbons (Fsp3) is 0.588. The maximum Gasteiger partial charge on any atom is 0.225 e. The minimum Gasteiger partial charge on any atom is -0.326 e. The van der Waals surface area contributed by atoms with Gasteiger partial charge in [0.05, 0.1) is 0 Å². The number of aryl methyl sites for hydroxylation is 1. The molecule has 130 valence electrons. The number of anilines is 1. The molecule has 1 heterocycles. The second kappa shape index (κ2) is 9.21. The van der Waals surface area contributed by atoms with Gasteiger partial charge in [-0.05, 0) is 30.7 Å². The van der Waals surface area contributed by atoms with Crippen molar-refractivity contribution in [2.24, 2.45) is 0 Å². The lowest BCUT2D eigenvalue weighted by Crippen LogP contribution is -2.39. The van der Waals surface area contributed by atoms with Crippen LogP contribution in [0.4, 0.5) is 5.69 Å². The summed E-state index contributed by atoms with van der Waals surface area (Å²) in [6.45, 7) is 9.67. The first kappa shape index (κ1) is 20.7. The van der Waals surface area contributed by atoms with Crippen molar-refractivity contribution in [1.82, 2.24) is 5.32 Å². The molecule has 0 spiro atoms. The van der Waals surface area contributed by atoms with Crippen LogP contribution in [0.25, 0.3) is 0 Å². The minimum atomic E-state index is 0. The molecule has 6 heteroatoms. The third-order valence-electron chi connectivity index (χ3n) is 3.33. The fourth-order valence-corrected chi connectivity index (χ4v) is 4.40. The van der Waals surface area contributed by atoms with Crippen molar-refractivity contribution in [3.05, 3.63) is 23.8 Å². The van der Waals surface area contributed by atoms with E-state index in [0.29, 0.717) is 12.5 Å². The summed E-state index contributed by atoms with van der Waals surface area (Å²) in [7, 11) is 0. The molecule has 0 radical (unpaired) electrons. The van der Waals surface area contributed by atoms with Crippen molar-refractivity contribution in [2.75, 3.05) is 23.4 Å². The van der Waals surface area contributed by atoms with Crippen molar-refractivity contribution in [3.63, 3.8) is 0 Å². The van der Waals surface area contributed by atoms with Crippen LogP contribution in [0.5, 0.6) is 0 Å². The van der Waals surface area contributed by atoms with Crippen LogP contribution in [0.3, 0.4) is 0 Å². The van der Waals surface area contributed by atoms with E-state index in [2.05, 4.69) is 50.5 Å². The third kappa shape index (κ3) is 7.38. The maximum absolute atomic E-state index is 12.2. The summed E-state index contributed by atoms with van der Waals surface area (Å²) < 4.78 is 0.196. The molecule has 1 aliphatic heterocycles. The minimum absolute atomic E-state index is 0. The normalized spacial score (nSPS) is 18.2. The Kier molecular flexibility index (Phi) is 8.28. The Labute approximate surface area is 154 Å². The van der Waals surface area contributed by atoms with Crippen molar-refractivity contribution in [2.45, 2.75) is 49.8 Å². The molecule has 1 saturated heterocycles. The first-order valence-electron chi connectivity index (χ1n) is 7.74. The van der Waals surface area contributed by atoms with Gasteiger partial charge in [-0.2, -0.15) is 11.8 Å². The van der Waals surface area contributed by atoms with Gasteiger partial charge in [-0.25, -0.2) is 0 Å². The average Bonchev–Trinajstić information content (AvgIpc) is 2.41. The first-order chi connectivity index (χ1) is 10.3. The molecule has 1 aromatic carbocycles. The fourth-order valence-electron chi connectivity index (χ4n) is 2.37. The molecule has 0 aromatic heterocycles. The van der Waals surface area contributed by atoms with Crippen LogP contribution < -0.4 is 10.6 Å². The molecule has 0 aliphatic carbocycles. The Morgan fingerprint density at radius 1 is 1.43 bits per heavy atom. The first-order valence-corrected chi connectivity index (χ1v) is 9.71. The van der Waals surface area contributed by atoms with Crippen LogP contribution in [-0.2, 0) is 4.79 Å². The molecule has 2 rings (SSSR count). The van der Waals surface area contributed by atoms with E-state index in [-0.39, 0.29) is 23.1 Å². The van der Waals surface area contributed by atoms with E-state index >= 15 is 0 Å². The molecular formula is C17H27ClN2OS2. The van der Waals surface area contributed by atoms with Gasteiger partial charge >= 0.3 is 0 Å². The van der Waals surface area contributed by atoms with Crippen LogP contribution in [0.15, 0.2) is 23.1 Å². The quantitative estimate of drug-likeness (QED) is 0.769. The van der Waals surface area contributed by atoms with Gasteiger partial charge in [-0.15, -0.1) is 24.2 Å². The lowest BCUT2D eigenvalue weighted by atomic mass is 10.1. The number of benzene rings is 1. The zero-order valence-corrected chi connectivity index (χ0v) is 16.7. The van der Waals surface area contributed by atoms with Crippen LogP contribution in [0.1, 0.15) is 32.8 Å². The van der Waals surface area contributed by atoms with E-state index in [9.17, 15) is 4.79 Å².